The van der Waals surface area contributed by atoms with Gasteiger partial charge in [-0.25, -0.2) is 0 Å². The molecular weight excluding hydrogens is 248 g/mol. The predicted molar refractivity (Wildman–Crippen MR) is 83.4 cm³/mol. The van der Waals surface area contributed by atoms with E-state index in [4.69, 9.17) is 10.6 Å². The van der Waals surface area contributed by atoms with E-state index in [1.165, 1.54) is 22.3 Å². The molecule has 112 valence electrons. The van der Waals surface area contributed by atoms with E-state index in [9.17, 15) is 0 Å². The standard InChI is InChI=1S/C17H28N2O/c1-9-7-11(3)15(8-10(9)2)17(19-18)16-12(4)13(5)20-14(16)6/h7-8,12-14,16-17,19H,18H2,1-6H3. The van der Waals surface area contributed by atoms with Crippen LogP contribution in [-0.4, -0.2) is 12.2 Å². The van der Waals surface area contributed by atoms with Crippen molar-refractivity contribution in [2.24, 2.45) is 17.7 Å². The van der Waals surface area contributed by atoms with Crippen molar-refractivity contribution in [1.29, 1.82) is 0 Å². The number of nitrogens with two attached hydrogens (primary N) is 1. The Labute approximate surface area is 122 Å². The van der Waals surface area contributed by atoms with Gasteiger partial charge in [0.25, 0.3) is 0 Å². The van der Waals surface area contributed by atoms with Crippen LogP contribution in [0.4, 0.5) is 0 Å². The van der Waals surface area contributed by atoms with Gasteiger partial charge < -0.3 is 4.74 Å². The molecule has 2 rings (SSSR count). The molecule has 20 heavy (non-hydrogen) atoms. The van der Waals surface area contributed by atoms with E-state index in [0.717, 1.165) is 0 Å². The summed E-state index contributed by atoms with van der Waals surface area (Å²) in [6, 6.07) is 4.67. The number of hydrogen-bond acceptors (Lipinski definition) is 3. The smallest absolute Gasteiger partial charge is 0.0601 e. The molecule has 1 heterocycles. The highest BCUT2D eigenvalue weighted by molar-refractivity contribution is 5.38. The first kappa shape index (κ1) is 15.5. The van der Waals surface area contributed by atoms with Gasteiger partial charge >= 0.3 is 0 Å². The van der Waals surface area contributed by atoms with Crippen molar-refractivity contribution in [2.45, 2.75) is 59.8 Å². The molecule has 0 bridgehead atoms. The van der Waals surface area contributed by atoms with Crippen LogP contribution in [0.15, 0.2) is 12.1 Å². The molecule has 1 aromatic rings. The van der Waals surface area contributed by atoms with E-state index in [0.29, 0.717) is 11.8 Å². The van der Waals surface area contributed by atoms with Gasteiger partial charge in [-0.05, 0) is 62.8 Å². The Morgan fingerprint density at radius 1 is 1.00 bits per heavy atom. The monoisotopic (exact) mass is 276 g/mol. The van der Waals surface area contributed by atoms with Crippen molar-refractivity contribution in [2.75, 3.05) is 0 Å². The van der Waals surface area contributed by atoms with Gasteiger partial charge in [-0.1, -0.05) is 19.1 Å². The van der Waals surface area contributed by atoms with E-state index < -0.39 is 0 Å². The number of benzene rings is 1. The lowest BCUT2D eigenvalue weighted by atomic mass is 9.79. The molecule has 0 saturated carbocycles. The van der Waals surface area contributed by atoms with Crippen molar-refractivity contribution in [3.63, 3.8) is 0 Å². The van der Waals surface area contributed by atoms with Crippen LogP contribution in [0.5, 0.6) is 0 Å². The maximum absolute atomic E-state index is 5.99. The minimum Gasteiger partial charge on any atom is -0.375 e. The molecular formula is C17H28N2O. The SMILES string of the molecule is Cc1cc(C)c(C(NN)C2C(C)OC(C)C2C)cc1C. The second-order valence-corrected chi connectivity index (χ2v) is 6.42. The topological polar surface area (TPSA) is 47.3 Å². The van der Waals surface area contributed by atoms with Gasteiger partial charge in [0.05, 0.1) is 18.2 Å². The molecule has 0 amide bonds. The molecule has 1 fully saturated rings. The van der Waals surface area contributed by atoms with E-state index >= 15 is 0 Å². The maximum Gasteiger partial charge on any atom is 0.0601 e. The van der Waals surface area contributed by atoms with Gasteiger partial charge in [-0.3, -0.25) is 11.3 Å². The second kappa shape index (κ2) is 5.84. The van der Waals surface area contributed by atoms with E-state index in [1.54, 1.807) is 0 Å². The Balaban J connectivity index is 2.40. The third-order valence-corrected chi connectivity index (χ3v) is 5.10. The lowest BCUT2D eigenvalue weighted by molar-refractivity contribution is 0.0474. The molecule has 3 nitrogen and oxygen atoms in total. The van der Waals surface area contributed by atoms with Gasteiger partial charge in [0.15, 0.2) is 0 Å². The number of aryl methyl sites for hydroxylation is 3. The number of hydrazine groups is 1. The van der Waals surface area contributed by atoms with Gasteiger partial charge in [-0.15, -0.1) is 0 Å². The minimum atomic E-state index is 0.143. The summed E-state index contributed by atoms with van der Waals surface area (Å²) in [5.74, 6) is 6.80. The summed E-state index contributed by atoms with van der Waals surface area (Å²) in [6.07, 6.45) is 0.514. The molecule has 0 aromatic heterocycles. The van der Waals surface area contributed by atoms with E-state index in [2.05, 4.69) is 59.1 Å². The van der Waals surface area contributed by atoms with Gasteiger partial charge in [0, 0.05) is 5.92 Å². The molecule has 1 aliphatic heterocycles. The first-order chi connectivity index (χ1) is 9.36. The summed E-state index contributed by atoms with van der Waals surface area (Å²) in [6.45, 7) is 13.1. The molecule has 1 aromatic carbocycles. The molecule has 0 aliphatic carbocycles. The summed E-state index contributed by atoms with van der Waals surface area (Å²) in [5, 5.41) is 0. The Hall–Kier alpha value is -0.900. The zero-order valence-corrected chi connectivity index (χ0v) is 13.5. The van der Waals surface area contributed by atoms with Crippen molar-refractivity contribution in [1.82, 2.24) is 5.43 Å². The Morgan fingerprint density at radius 2 is 1.60 bits per heavy atom. The normalized spacial score (nSPS) is 31.6. The fourth-order valence-electron chi connectivity index (χ4n) is 3.59. The van der Waals surface area contributed by atoms with E-state index in [1.807, 2.05) is 0 Å². The number of rotatable bonds is 3. The fraction of sp³-hybridized carbons (Fsp3) is 0.647. The van der Waals surface area contributed by atoms with Crippen LogP contribution < -0.4 is 11.3 Å². The zero-order valence-electron chi connectivity index (χ0n) is 13.5. The largest absolute Gasteiger partial charge is 0.375 e. The number of ether oxygens (including phenoxy) is 1. The molecule has 5 unspecified atom stereocenters. The van der Waals surface area contributed by atoms with Crippen LogP contribution >= 0.6 is 0 Å². The maximum atomic E-state index is 5.99. The fourth-order valence-corrected chi connectivity index (χ4v) is 3.59. The van der Waals surface area contributed by atoms with Crippen LogP contribution in [0.2, 0.25) is 0 Å². The highest BCUT2D eigenvalue weighted by atomic mass is 16.5. The van der Waals surface area contributed by atoms with Gasteiger partial charge in [-0.2, -0.15) is 0 Å². The van der Waals surface area contributed by atoms with Crippen LogP contribution in [0.1, 0.15) is 49.1 Å². The third-order valence-electron chi connectivity index (χ3n) is 5.10. The zero-order chi connectivity index (χ0) is 15.0. The lowest BCUT2D eigenvalue weighted by Gasteiger charge is -2.30. The highest BCUT2D eigenvalue weighted by Gasteiger charge is 2.42. The average Bonchev–Trinajstić information content (AvgIpc) is 2.63. The Morgan fingerprint density at radius 3 is 2.10 bits per heavy atom. The van der Waals surface area contributed by atoms with Gasteiger partial charge in [0.2, 0.25) is 0 Å². The number of hydrogen-bond donors (Lipinski definition) is 2. The van der Waals surface area contributed by atoms with Crippen molar-refractivity contribution in [3.8, 4) is 0 Å². The molecule has 1 aliphatic rings. The van der Waals surface area contributed by atoms with Crippen molar-refractivity contribution >= 4 is 0 Å². The molecule has 0 spiro atoms. The molecule has 1 saturated heterocycles. The minimum absolute atomic E-state index is 0.143. The second-order valence-electron chi connectivity index (χ2n) is 6.42. The third kappa shape index (κ3) is 2.62. The summed E-state index contributed by atoms with van der Waals surface area (Å²) in [7, 11) is 0. The highest BCUT2D eigenvalue weighted by Crippen LogP contribution is 2.41. The molecule has 3 heteroatoms. The summed E-state index contributed by atoms with van der Waals surface area (Å²) < 4.78 is 5.99. The van der Waals surface area contributed by atoms with E-state index in [-0.39, 0.29) is 18.2 Å². The van der Waals surface area contributed by atoms with Crippen LogP contribution in [0, 0.1) is 32.6 Å². The molecule has 0 radical (unpaired) electrons. The van der Waals surface area contributed by atoms with Gasteiger partial charge in [0.1, 0.15) is 0 Å². The summed E-state index contributed by atoms with van der Waals surface area (Å²) in [4.78, 5) is 0. The first-order valence-electron chi connectivity index (χ1n) is 7.56. The Bertz CT molecular complexity index is 486. The first-order valence-corrected chi connectivity index (χ1v) is 7.56. The average molecular weight is 276 g/mol. The quantitative estimate of drug-likeness (QED) is 0.658. The van der Waals surface area contributed by atoms with Crippen LogP contribution in [0.3, 0.4) is 0 Å². The predicted octanol–water partition coefficient (Wildman–Crippen LogP) is 3.18. The van der Waals surface area contributed by atoms with Crippen molar-refractivity contribution in [3.05, 3.63) is 34.4 Å². The molecule has 3 N–H and O–H groups in total. The summed E-state index contributed by atoms with van der Waals surface area (Å²) >= 11 is 0. The Kier molecular flexibility index (Phi) is 4.52. The number of nitrogens with one attached hydrogen (secondary N) is 1. The lowest BCUT2D eigenvalue weighted by Crippen LogP contribution is -2.39. The van der Waals surface area contributed by atoms with Crippen molar-refractivity contribution < 1.29 is 4.74 Å². The molecule has 5 atom stereocenters. The van der Waals surface area contributed by atoms with Crippen LogP contribution in [0.25, 0.3) is 0 Å². The summed E-state index contributed by atoms with van der Waals surface area (Å²) in [5.41, 5.74) is 8.30. The van der Waals surface area contributed by atoms with Crippen LogP contribution in [-0.2, 0) is 4.74 Å².